The van der Waals surface area contributed by atoms with Crippen molar-refractivity contribution in [2.75, 3.05) is 6.61 Å². The fourth-order valence-corrected chi connectivity index (χ4v) is 1.87. The number of carbonyl (C=O) groups is 1. The van der Waals surface area contributed by atoms with E-state index >= 15 is 0 Å². The summed E-state index contributed by atoms with van der Waals surface area (Å²) in [4.78, 5) is 12.6. The number of primary amides is 1. The Morgan fingerprint density at radius 2 is 2.39 bits per heavy atom. The molecule has 3 atom stereocenters. The summed E-state index contributed by atoms with van der Waals surface area (Å²) >= 11 is 0. The molecule has 1 saturated heterocycles. The van der Waals surface area contributed by atoms with Crippen LogP contribution in [-0.2, 0) is 30.6 Å². The van der Waals surface area contributed by atoms with Crippen LogP contribution < -0.4 is 5.73 Å². The summed E-state index contributed by atoms with van der Waals surface area (Å²) in [6.45, 7) is -0.183. The zero-order valence-electron chi connectivity index (χ0n) is 9.60. The SMILES string of the molecule is NC(=O)C1=CN([C@H]2O[C@H](CO)[CH-][C@H]2O)C=CC1.[Mo]. The van der Waals surface area contributed by atoms with Gasteiger partial charge in [-0.1, -0.05) is 6.08 Å². The molecule has 0 aliphatic carbocycles. The van der Waals surface area contributed by atoms with Crippen molar-refractivity contribution in [1.82, 2.24) is 4.90 Å². The Morgan fingerprint density at radius 1 is 1.67 bits per heavy atom. The summed E-state index contributed by atoms with van der Waals surface area (Å²) in [5, 5.41) is 18.7. The molecule has 1 amide bonds. The van der Waals surface area contributed by atoms with Crippen molar-refractivity contribution in [2.45, 2.75) is 24.9 Å². The molecule has 0 spiro atoms. The number of aliphatic hydroxyl groups is 2. The fraction of sp³-hybridized carbons (Fsp3) is 0.455. The van der Waals surface area contributed by atoms with Crippen molar-refractivity contribution in [2.24, 2.45) is 5.73 Å². The van der Waals surface area contributed by atoms with Gasteiger partial charge >= 0.3 is 0 Å². The molecular weight excluding hydrogens is 320 g/mol. The second kappa shape index (κ2) is 6.47. The largest absolute Gasteiger partial charge is 0.420 e. The zero-order valence-corrected chi connectivity index (χ0v) is 11.6. The van der Waals surface area contributed by atoms with Crippen molar-refractivity contribution in [3.8, 4) is 0 Å². The minimum atomic E-state index is -0.819. The molecular formula is C11H15MoN2O4-. The van der Waals surface area contributed by atoms with Gasteiger partial charge in [-0.25, -0.2) is 0 Å². The molecule has 6 nitrogen and oxygen atoms in total. The topological polar surface area (TPSA) is 96.0 Å². The van der Waals surface area contributed by atoms with Gasteiger partial charge in [0.25, 0.3) is 0 Å². The van der Waals surface area contributed by atoms with Gasteiger partial charge in [-0.05, 0) is 18.6 Å². The van der Waals surface area contributed by atoms with Crippen LogP contribution in [0.5, 0.6) is 0 Å². The van der Waals surface area contributed by atoms with E-state index in [0.29, 0.717) is 12.0 Å². The molecule has 0 saturated carbocycles. The van der Waals surface area contributed by atoms with Crippen LogP contribution >= 0.6 is 0 Å². The number of aliphatic hydroxyl groups excluding tert-OH is 2. The van der Waals surface area contributed by atoms with Crippen LogP contribution in [-0.4, -0.2) is 46.1 Å². The molecule has 4 N–H and O–H groups in total. The quantitative estimate of drug-likeness (QED) is 0.447. The first kappa shape index (κ1) is 15.4. The third-order valence-electron chi connectivity index (χ3n) is 2.73. The summed E-state index contributed by atoms with van der Waals surface area (Å²) in [5.74, 6) is -0.491. The van der Waals surface area contributed by atoms with E-state index in [1.165, 1.54) is 6.42 Å². The Hall–Kier alpha value is -0.682. The predicted octanol–water partition coefficient (Wildman–Crippen LogP) is -1.15. The molecule has 2 aliphatic rings. The number of ether oxygens (including phenoxy) is 1. The van der Waals surface area contributed by atoms with E-state index in [-0.39, 0.29) is 27.7 Å². The molecule has 7 heteroatoms. The van der Waals surface area contributed by atoms with E-state index in [1.54, 1.807) is 23.4 Å². The molecule has 100 valence electrons. The number of hydrogen-bond donors (Lipinski definition) is 3. The zero-order chi connectivity index (χ0) is 12.4. The summed E-state index contributed by atoms with van der Waals surface area (Å²) in [6, 6.07) is 0. The number of hydrogen-bond acceptors (Lipinski definition) is 5. The Labute approximate surface area is 119 Å². The van der Waals surface area contributed by atoms with E-state index in [1.807, 2.05) is 0 Å². The molecule has 0 aromatic heterocycles. The van der Waals surface area contributed by atoms with Gasteiger partial charge in [0, 0.05) is 45.6 Å². The van der Waals surface area contributed by atoms with Gasteiger partial charge in [0.2, 0.25) is 5.91 Å². The van der Waals surface area contributed by atoms with Crippen molar-refractivity contribution in [1.29, 1.82) is 0 Å². The molecule has 0 aromatic rings. The first-order valence-electron chi connectivity index (χ1n) is 5.36. The maximum absolute atomic E-state index is 11.1. The van der Waals surface area contributed by atoms with E-state index in [9.17, 15) is 9.90 Å². The Bertz CT molecular complexity index is 372. The molecule has 0 aromatic carbocycles. The Morgan fingerprint density at radius 3 is 2.94 bits per heavy atom. The van der Waals surface area contributed by atoms with Crippen molar-refractivity contribution in [3.63, 3.8) is 0 Å². The standard InChI is InChI=1S/C11H15N2O4.Mo/c12-10(16)7-2-1-3-13(5-7)11-9(15)4-8(6-14)17-11;/h1,3-5,8-9,11,14-15H,2,6H2,(H2,12,16);/q-1;/t8-,9+,11-;/m0./s1. The van der Waals surface area contributed by atoms with Crippen LogP contribution in [0, 0.1) is 6.42 Å². The van der Waals surface area contributed by atoms with Gasteiger partial charge in [-0.15, -0.1) is 0 Å². The van der Waals surface area contributed by atoms with E-state index < -0.39 is 24.3 Å². The van der Waals surface area contributed by atoms with E-state index in [0.717, 1.165) is 0 Å². The summed E-state index contributed by atoms with van der Waals surface area (Å²) < 4.78 is 5.41. The average Bonchev–Trinajstić information content (AvgIpc) is 2.71. The minimum absolute atomic E-state index is 0. The van der Waals surface area contributed by atoms with E-state index in [4.69, 9.17) is 15.6 Å². The minimum Gasteiger partial charge on any atom is -0.420 e. The van der Waals surface area contributed by atoms with Crippen molar-refractivity contribution < 1.29 is 40.8 Å². The molecule has 18 heavy (non-hydrogen) atoms. The third-order valence-corrected chi connectivity index (χ3v) is 2.73. The van der Waals surface area contributed by atoms with Crippen LogP contribution in [0.15, 0.2) is 24.0 Å². The Balaban J connectivity index is 0.00000162. The molecule has 1 fully saturated rings. The molecule has 0 unspecified atom stereocenters. The van der Waals surface area contributed by atoms with Crippen LogP contribution in [0.1, 0.15) is 6.42 Å². The van der Waals surface area contributed by atoms with Crippen LogP contribution in [0.3, 0.4) is 0 Å². The molecule has 2 aliphatic heterocycles. The maximum Gasteiger partial charge on any atom is 0.246 e. The summed E-state index contributed by atoms with van der Waals surface area (Å²) in [5.41, 5.74) is 5.65. The number of allylic oxidation sites excluding steroid dienone is 1. The third kappa shape index (κ3) is 3.20. The second-order valence-corrected chi connectivity index (χ2v) is 3.99. The number of amides is 1. The summed E-state index contributed by atoms with van der Waals surface area (Å²) in [7, 11) is 0. The first-order chi connectivity index (χ1) is 8.11. The van der Waals surface area contributed by atoms with Crippen LogP contribution in [0.4, 0.5) is 0 Å². The van der Waals surface area contributed by atoms with Crippen molar-refractivity contribution in [3.05, 3.63) is 30.5 Å². The molecule has 2 rings (SSSR count). The number of nitrogens with two attached hydrogens (primary N) is 1. The molecule has 2 heterocycles. The van der Waals surface area contributed by atoms with Gasteiger partial charge in [0.1, 0.15) is 6.23 Å². The van der Waals surface area contributed by atoms with Gasteiger partial charge in [-0.2, -0.15) is 0 Å². The van der Waals surface area contributed by atoms with Gasteiger partial charge < -0.3 is 25.6 Å². The molecule has 0 bridgehead atoms. The monoisotopic (exact) mass is 337 g/mol. The van der Waals surface area contributed by atoms with Crippen LogP contribution in [0.25, 0.3) is 0 Å². The Kier molecular flexibility index (Phi) is 5.53. The van der Waals surface area contributed by atoms with Gasteiger partial charge in [-0.3, -0.25) is 11.2 Å². The smallest absolute Gasteiger partial charge is 0.246 e. The average molecular weight is 335 g/mol. The summed E-state index contributed by atoms with van der Waals surface area (Å²) in [6.07, 6.45) is 5.10. The normalized spacial score (nSPS) is 30.9. The molecule has 0 radical (unpaired) electrons. The first-order valence-corrected chi connectivity index (χ1v) is 5.36. The van der Waals surface area contributed by atoms with Gasteiger partial charge in [0.05, 0.1) is 0 Å². The van der Waals surface area contributed by atoms with E-state index in [2.05, 4.69) is 0 Å². The maximum atomic E-state index is 11.1. The number of nitrogens with zero attached hydrogens (tertiary/aromatic N) is 1. The number of rotatable bonds is 3. The number of carbonyl (C=O) groups excluding carboxylic acids is 1. The van der Waals surface area contributed by atoms with Gasteiger partial charge in [0.15, 0.2) is 0 Å². The van der Waals surface area contributed by atoms with Crippen LogP contribution in [0.2, 0.25) is 0 Å². The fourth-order valence-electron chi connectivity index (χ4n) is 1.87. The predicted molar refractivity (Wildman–Crippen MR) is 58.9 cm³/mol. The second-order valence-electron chi connectivity index (χ2n) is 3.99. The van der Waals surface area contributed by atoms with Crippen molar-refractivity contribution >= 4 is 5.91 Å².